The molecule has 4 aliphatic rings. The van der Waals surface area contributed by atoms with Crippen LogP contribution in [0.1, 0.15) is 47.9 Å². The van der Waals surface area contributed by atoms with Gasteiger partial charge in [-0.15, -0.1) is 11.3 Å². The largest absolute Gasteiger partial charge is 0.503 e. The van der Waals surface area contributed by atoms with Gasteiger partial charge in [0.15, 0.2) is 11.5 Å². The van der Waals surface area contributed by atoms with E-state index in [4.69, 9.17) is 30.9 Å². The molecule has 10 rings (SSSR count). The zero-order valence-electron chi connectivity index (χ0n) is 37.1. The van der Waals surface area contributed by atoms with Crippen molar-refractivity contribution in [3.63, 3.8) is 0 Å². The van der Waals surface area contributed by atoms with E-state index in [-0.39, 0.29) is 36.2 Å². The Bertz CT molecular complexity index is 3180. The molecule has 342 valence electrons. The van der Waals surface area contributed by atoms with Crippen molar-refractivity contribution in [3.05, 3.63) is 121 Å². The van der Waals surface area contributed by atoms with Gasteiger partial charge < -0.3 is 19.3 Å². The molecule has 4 amide bonds. The van der Waals surface area contributed by atoms with Gasteiger partial charge in [0.1, 0.15) is 23.0 Å². The average Bonchev–Trinajstić information content (AvgIpc) is 4.00. The van der Waals surface area contributed by atoms with Crippen molar-refractivity contribution in [1.82, 2.24) is 9.78 Å². The predicted octanol–water partition coefficient (Wildman–Crippen LogP) is 11.1. The quantitative estimate of drug-likeness (QED) is 0.0851. The molecule has 12 nitrogen and oxygen atoms in total. The standard InChI is InChI=1S/C51H43Br2ClN4O8S/c1-24-32-20-27(54)11-18-39(32)67-46(24)36-23-40(56(3)55-36)58-48(61)35-21-33-30(42(51(35,2)50(58)63)34-22-38(66-6)45(59)44(53)43(34)52)15-16-31-41(33)49(62)57(47(31)60)28-12-8-25(9-13-28)7-10-26-19-29(64-4)14-17-37(26)65-5/h7-15,17-20,22-23,31,33,35,41-42,59H,16,21H2,1-6H3. The van der Waals surface area contributed by atoms with Gasteiger partial charge in [-0.05, 0) is 141 Å². The third-order valence-corrected chi connectivity index (χ3v) is 17.9. The summed E-state index contributed by atoms with van der Waals surface area (Å²) < 4.78 is 19.9. The van der Waals surface area contributed by atoms with Gasteiger partial charge in [0, 0.05) is 38.8 Å². The van der Waals surface area contributed by atoms with Crippen molar-refractivity contribution in [1.29, 1.82) is 0 Å². The number of phenols is 1. The van der Waals surface area contributed by atoms with Crippen molar-refractivity contribution in [3.8, 4) is 33.6 Å². The highest BCUT2D eigenvalue weighted by Crippen LogP contribution is 2.65. The second kappa shape index (κ2) is 16.8. The van der Waals surface area contributed by atoms with Gasteiger partial charge in [0.05, 0.1) is 59.5 Å². The van der Waals surface area contributed by atoms with E-state index >= 15 is 9.59 Å². The number of phenolic OH excluding ortho intramolecular Hbond substituents is 1. The number of imide groups is 2. The van der Waals surface area contributed by atoms with Crippen LogP contribution in [0.5, 0.6) is 23.0 Å². The van der Waals surface area contributed by atoms with Crippen LogP contribution >= 0.6 is 54.8 Å². The molecule has 2 aliphatic heterocycles. The lowest BCUT2D eigenvalue weighted by atomic mass is 9.51. The smallest absolute Gasteiger partial charge is 0.242 e. The number of anilines is 2. The van der Waals surface area contributed by atoms with Gasteiger partial charge in [0.25, 0.3) is 0 Å². The lowest BCUT2D eigenvalue weighted by Gasteiger charge is -2.49. The van der Waals surface area contributed by atoms with Gasteiger partial charge in [-0.25, -0.2) is 4.90 Å². The number of amides is 4. The van der Waals surface area contributed by atoms with Crippen LogP contribution in [0.2, 0.25) is 5.02 Å². The molecule has 6 atom stereocenters. The molecule has 0 radical (unpaired) electrons. The number of nitrogens with zero attached hydrogens (tertiary/aromatic N) is 4. The second-order valence-corrected chi connectivity index (χ2v) is 20.6. The molecule has 6 unspecified atom stereocenters. The molecule has 4 heterocycles. The molecule has 0 bridgehead atoms. The van der Waals surface area contributed by atoms with E-state index in [0.717, 1.165) is 37.2 Å². The van der Waals surface area contributed by atoms with E-state index in [9.17, 15) is 14.7 Å². The number of hydrogen-bond acceptors (Lipinski definition) is 10. The summed E-state index contributed by atoms with van der Waals surface area (Å²) in [7, 11) is 6.36. The molecule has 1 N–H and O–H groups in total. The van der Waals surface area contributed by atoms with Crippen molar-refractivity contribution in [2.75, 3.05) is 31.1 Å². The fourth-order valence-corrected chi connectivity index (χ4v) is 13.2. The molecule has 2 aromatic heterocycles. The maximum Gasteiger partial charge on any atom is 0.242 e. The number of carbonyl (C=O) groups is 4. The molecular weight excluding hydrogens is 1020 g/mol. The van der Waals surface area contributed by atoms with Gasteiger partial charge >= 0.3 is 0 Å². The number of benzene rings is 4. The molecule has 3 fully saturated rings. The summed E-state index contributed by atoms with van der Waals surface area (Å²) in [5.74, 6) is -3.58. The molecule has 1 saturated carbocycles. The topological polar surface area (TPSA) is 140 Å². The van der Waals surface area contributed by atoms with Crippen LogP contribution < -0.4 is 24.0 Å². The first-order chi connectivity index (χ1) is 32.1. The Kier molecular flexibility index (Phi) is 11.3. The van der Waals surface area contributed by atoms with Crippen LogP contribution in [-0.2, 0) is 26.2 Å². The summed E-state index contributed by atoms with van der Waals surface area (Å²) in [6.07, 6.45) is 6.22. The van der Waals surface area contributed by atoms with E-state index in [0.29, 0.717) is 48.2 Å². The normalized spacial score (nSPS) is 23.5. The minimum atomic E-state index is -1.38. The lowest BCUT2D eigenvalue weighted by molar-refractivity contribution is -0.131. The number of halogens is 3. The van der Waals surface area contributed by atoms with Crippen LogP contribution in [0, 0.1) is 36.0 Å². The highest BCUT2D eigenvalue weighted by atomic mass is 79.9. The number of ether oxygens (including phenoxy) is 3. The summed E-state index contributed by atoms with van der Waals surface area (Å²) in [4.78, 5) is 63.5. The van der Waals surface area contributed by atoms with Crippen molar-refractivity contribution >= 4 is 112 Å². The molecule has 16 heteroatoms. The van der Waals surface area contributed by atoms with Crippen molar-refractivity contribution in [2.45, 2.75) is 32.6 Å². The first-order valence-electron chi connectivity index (χ1n) is 21.5. The van der Waals surface area contributed by atoms with E-state index in [1.807, 2.05) is 80.6 Å². The van der Waals surface area contributed by atoms with Gasteiger partial charge in [-0.1, -0.05) is 47.5 Å². The summed E-state index contributed by atoms with van der Waals surface area (Å²) in [5, 5.41) is 17.5. The SMILES string of the molecule is COc1ccc(OC)c(C=Cc2ccc(N3C(=O)C4CC=C5C(CC6C(=O)N(c7cc(-c8sc9ccc(Cl)cc9c8C)nn7C)C(=O)C6(C)C5c5cc(OC)c(O)c(Br)c5Br)C4C3=O)cc2)c1. The number of hydrogen-bond donors (Lipinski definition) is 1. The maximum atomic E-state index is 15.5. The Morgan fingerprint density at radius 2 is 1.60 bits per heavy atom. The summed E-state index contributed by atoms with van der Waals surface area (Å²) in [5.41, 5.74) is 3.67. The number of carbonyl (C=O) groups excluding carboxylic acids is 4. The van der Waals surface area contributed by atoms with Crippen LogP contribution in [0.25, 0.3) is 32.8 Å². The first-order valence-corrected chi connectivity index (χ1v) is 24.3. The zero-order valence-corrected chi connectivity index (χ0v) is 41.8. The number of aryl methyl sites for hydroxylation is 2. The number of fused-ring (bicyclic) bond motifs is 5. The Morgan fingerprint density at radius 1 is 0.851 bits per heavy atom. The Balaban J connectivity index is 1.03. The van der Waals surface area contributed by atoms with Gasteiger partial charge in [-0.2, -0.15) is 5.10 Å². The van der Waals surface area contributed by atoms with Gasteiger partial charge in [-0.3, -0.25) is 28.8 Å². The summed E-state index contributed by atoms with van der Waals surface area (Å²) in [6, 6.07) is 21.9. The minimum Gasteiger partial charge on any atom is -0.503 e. The second-order valence-electron chi connectivity index (χ2n) is 17.6. The van der Waals surface area contributed by atoms with Crippen LogP contribution in [-0.4, -0.2) is 59.8 Å². The molecule has 2 saturated heterocycles. The predicted molar refractivity (Wildman–Crippen MR) is 266 cm³/mol. The monoisotopic (exact) mass is 1060 g/mol. The van der Waals surface area contributed by atoms with Crippen LogP contribution in [0.3, 0.4) is 0 Å². The maximum absolute atomic E-state index is 15.5. The van der Waals surface area contributed by atoms with E-state index in [1.165, 1.54) is 16.9 Å². The van der Waals surface area contributed by atoms with Crippen molar-refractivity contribution in [2.24, 2.45) is 36.1 Å². The average molecular weight is 1070 g/mol. The van der Waals surface area contributed by atoms with Gasteiger partial charge in [0.2, 0.25) is 23.6 Å². The Labute approximate surface area is 412 Å². The third kappa shape index (κ3) is 6.89. The Hall–Kier alpha value is -5.74. The number of methoxy groups -OCH3 is 3. The van der Waals surface area contributed by atoms with Crippen LogP contribution in [0.15, 0.2) is 93.4 Å². The summed E-state index contributed by atoms with van der Waals surface area (Å²) in [6.45, 7) is 3.82. The highest BCUT2D eigenvalue weighted by molar-refractivity contribution is 9.13. The molecular formula is C51H43Br2ClN4O8S. The summed E-state index contributed by atoms with van der Waals surface area (Å²) >= 11 is 15.2. The zero-order chi connectivity index (χ0) is 47.4. The fourth-order valence-electron chi connectivity index (χ4n) is 10.9. The van der Waals surface area contributed by atoms with E-state index in [2.05, 4.69) is 31.9 Å². The number of aromatic hydroxyl groups is 1. The van der Waals surface area contributed by atoms with Crippen molar-refractivity contribution < 1.29 is 38.5 Å². The highest BCUT2D eigenvalue weighted by Gasteiger charge is 2.68. The number of rotatable bonds is 9. The first kappa shape index (κ1) is 45.1. The number of thiophene rings is 1. The Morgan fingerprint density at radius 3 is 2.31 bits per heavy atom. The molecule has 0 spiro atoms. The number of aromatic nitrogens is 2. The lowest BCUT2D eigenvalue weighted by Crippen LogP contribution is -2.49. The third-order valence-electron chi connectivity index (χ3n) is 14.2. The molecule has 2 aliphatic carbocycles. The van der Waals surface area contributed by atoms with E-state index in [1.54, 1.807) is 61.6 Å². The molecule has 4 aromatic carbocycles. The number of allylic oxidation sites excluding steroid dienone is 2. The fraction of sp³-hybridized carbons (Fsp3) is 0.275. The molecule has 67 heavy (non-hydrogen) atoms. The minimum absolute atomic E-state index is 0.143. The molecule has 6 aromatic rings. The van der Waals surface area contributed by atoms with E-state index < -0.39 is 46.8 Å². The van der Waals surface area contributed by atoms with Crippen LogP contribution in [0.4, 0.5) is 11.5 Å².